The number of benzene rings is 1. The van der Waals surface area contributed by atoms with E-state index in [1.165, 1.54) is 17.0 Å². The summed E-state index contributed by atoms with van der Waals surface area (Å²) in [6.07, 6.45) is 0.714. The zero-order valence-corrected chi connectivity index (χ0v) is 10.9. The average molecular weight is 267 g/mol. The minimum Gasteiger partial charge on any atom is -0.305 e. The average Bonchev–Trinajstić information content (AvgIpc) is 2.87. The van der Waals surface area contributed by atoms with E-state index in [1.807, 2.05) is 24.4 Å². The first-order chi connectivity index (χ1) is 8.70. The van der Waals surface area contributed by atoms with E-state index in [2.05, 4.69) is 5.32 Å². The lowest BCUT2D eigenvalue weighted by atomic mass is 10.0. The fourth-order valence-corrected chi connectivity index (χ4v) is 2.55. The summed E-state index contributed by atoms with van der Waals surface area (Å²) in [4.78, 5) is 1.19. The number of hydrogen-bond acceptors (Lipinski definition) is 2. The van der Waals surface area contributed by atoms with E-state index in [1.54, 1.807) is 11.3 Å². The minimum absolute atomic E-state index is 0.164. The molecule has 1 aromatic carbocycles. The summed E-state index contributed by atoms with van der Waals surface area (Å²) >= 11 is 1.65. The summed E-state index contributed by atoms with van der Waals surface area (Å²) in [5.74, 6) is -0.760. The van der Waals surface area contributed by atoms with Crippen molar-refractivity contribution in [1.82, 2.24) is 5.32 Å². The molecule has 1 atom stereocenters. The van der Waals surface area contributed by atoms with Crippen molar-refractivity contribution in [2.45, 2.75) is 25.9 Å². The molecule has 96 valence electrons. The van der Waals surface area contributed by atoms with Crippen LogP contribution in [0.4, 0.5) is 8.78 Å². The zero-order chi connectivity index (χ0) is 13.0. The van der Waals surface area contributed by atoms with Crippen LogP contribution in [0.1, 0.15) is 29.8 Å². The molecule has 0 aliphatic heterocycles. The molecule has 1 N–H and O–H groups in total. The number of nitrogens with one attached hydrogen (secondary N) is 1. The molecule has 0 amide bonds. The highest BCUT2D eigenvalue weighted by molar-refractivity contribution is 7.09. The first kappa shape index (κ1) is 13.2. The second-order valence-electron chi connectivity index (χ2n) is 4.09. The summed E-state index contributed by atoms with van der Waals surface area (Å²) in [6.45, 7) is 2.63. The van der Waals surface area contributed by atoms with Gasteiger partial charge in [-0.05, 0) is 36.1 Å². The van der Waals surface area contributed by atoms with Crippen LogP contribution < -0.4 is 5.32 Å². The second kappa shape index (κ2) is 6.07. The van der Waals surface area contributed by atoms with Crippen LogP contribution >= 0.6 is 11.3 Å². The van der Waals surface area contributed by atoms with E-state index >= 15 is 0 Å². The molecule has 4 heteroatoms. The van der Waals surface area contributed by atoms with Gasteiger partial charge >= 0.3 is 0 Å². The third-order valence-electron chi connectivity index (χ3n) is 2.84. The Hall–Kier alpha value is -1.26. The van der Waals surface area contributed by atoms with Gasteiger partial charge in [-0.2, -0.15) is 0 Å². The molecule has 0 bridgehead atoms. The van der Waals surface area contributed by atoms with E-state index in [4.69, 9.17) is 0 Å². The maximum atomic E-state index is 13.7. The van der Waals surface area contributed by atoms with Crippen molar-refractivity contribution >= 4 is 11.3 Å². The van der Waals surface area contributed by atoms with Gasteiger partial charge in [0.2, 0.25) is 0 Å². The Bertz CT molecular complexity index is 497. The second-order valence-corrected chi connectivity index (χ2v) is 5.12. The molecule has 0 aliphatic carbocycles. The molecule has 1 nitrogen and oxygen atoms in total. The smallest absolute Gasteiger partial charge is 0.128 e. The van der Waals surface area contributed by atoms with E-state index in [-0.39, 0.29) is 11.9 Å². The Kier molecular flexibility index (Phi) is 4.44. The zero-order valence-electron chi connectivity index (χ0n) is 10.1. The Balaban J connectivity index is 2.10. The van der Waals surface area contributed by atoms with Crippen LogP contribution in [0.2, 0.25) is 0 Å². The maximum Gasteiger partial charge on any atom is 0.128 e. The molecule has 0 radical (unpaired) electrons. The standard InChI is InChI=1S/C14H15F2NS/c1-2-14(17-9-11-4-3-7-18-11)12-8-10(15)5-6-13(12)16/h3-8,14,17H,2,9H2,1H3. The molecular formula is C14H15F2NS. The van der Waals surface area contributed by atoms with E-state index in [0.717, 1.165) is 6.07 Å². The van der Waals surface area contributed by atoms with Crippen LogP contribution in [-0.4, -0.2) is 0 Å². The van der Waals surface area contributed by atoms with Crippen LogP contribution in [0.5, 0.6) is 0 Å². The summed E-state index contributed by atoms with van der Waals surface area (Å²) < 4.78 is 26.8. The molecular weight excluding hydrogens is 252 g/mol. The molecule has 1 heterocycles. The molecule has 0 fully saturated rings. The van der Waals surface area contributed by atoms with Gasteiger partial charge in [-0.25, -0.2) is 8.78 Å². The van der Waals surface area contributed by atoms with E-state index in [0.29, 0.717) is 18.5 Å². The van der Waals surface area contributed by atoms with Crippen molar-refractivity contribution in [2.75, 3.05) is 0 Å². The summed E-state index contributed by atoms with van der Waals surface area (Å²) in [5, 5.41) is 5.26. The topological polar surface area (TPSA) is 12.0 Å². The highest BCUT2D eigenvalue weighted by Crippen LogP contribution is 2.22. The number of halogens is 2. The largest absolute Gasteiger partial charge is 0.305 e. The monoisotopic (exact) mass is 267 g/mol. The van der Waals surface area contributed by atoms with Crippen LogP contribution in [0, 0.1) is 11.6 Å². The third-order valence-corrected chi connectivity index (χ3v) is 3.72. The molecule has 1 unspecified atom stereocenters. The van der Waals surface area contributed by atoms with Gasteiger partial charge < -0.3 is 5.32 Å². The lowest BCUT2D eigenvalue weighted by molar-refractivity contribution is 0.484. The van der Waals surface area contributed by atoms with Crippen molar-refractivity contribution in [3.05, 3.63) is 57.8 Å². The molecule has 2 aromatic rings. The molecule has 0 spiro atoms. The first-order valence-corrected chi connectivity index (χ1v) is 6.79. The van der Waals surface area contributed by atoms with Crippen LogP contribution in [0.3, 0.4) is 0 Å². The Morgan fingerprint density at radius 2 is 2.11 bits per heavy atom. The summed E-state index contributed by atoms with van der Waals surface area (Å²) in [5.41, 5.74) is 0.397. The Morgan fingerprint density at radius 3 is 2.78 bits per heavy atom. The van der Waals surface area contributed by atoms with Crippen LogP contribution in [0.15, 0.2) is 35.7 Å². The van der Waals surface area contributed by atoms with Crippen molar-refractivity contribution < 1.29 is 8.78 Å². The van der Waals surface area contributed by atoms with Gasteiger partial charge in [-0.3, -0.25) is 0 Å². The van der Waals surface area contributed by atoms with E-state index in [9.17, 15) is 8.78 Å². The fraction of sp³-hybridized carbons (Fsp3) is 0.286. The summed E-state index contributed by atoms with van der Waals surface area (Å²) in [6, 6.07) is 7.43. The molecule has 0 saturated carbocycles. The molecule has 2 rings (SSSR count). The lowest BCUT2D eigenvalue weighted by Gasteiger charge is -2.17. The van der Waals surface area contributed by atoms with E-state index < -0.39 is 5.82 Å². The molecule has 0 saturated heterocycles. The van der Waals surface area contributed by atoms with Gasteiger partial charge in [-0.1, -0.05) is 13.0 Å². The summed E-state index contributed by atoms with van der Waals surface area (Å²) in [7, 11) is 0. The number of rotatable bonds is 5. The van der Waals surface area contributed by atoms with Crippen molar-refractivity contribution in [1.29, 1.82) is 0 Å². The highest BCUT2D eigenvalue weighted by atomic mass is 32.1. The van der Waals surface area contributed by atoms with Gasteiger partial charge in [-0.15, -0.1) is 11.3 Å². The van der Waals surface area contributed by atoms with Gasteiger partial charge in [0.05, 0.1) is 0 Å². The number of thiophene rings is 1. The van der Waals surface area contributed by atoms with Crippen LogP contribution in [-0.2, 0) is 6.54 Å². The van der Waals surface area contributed by atoms with Crippen molar-refractivity contribution in [2.24, 2.45) is 0 Å². The maximum absolute atomic E-state index is 13.7. The first-order valence-electron chi connectivity index (χ1n) is 5.91. The SMILES string of the molecule is CCC(NCc1cccs1)c1cc(F)ccc1F. The third kappa shape index (κ3) is 3.15. The van der Waals surface area contributed by atoms with Gasteiger partial charge in [0.25, 0.3) is 0 Å². The van der Waals surface area contributed by atoms with Crippen molar-refractivity contribution in [3.8, 4) is 0 Å². The lowest BCUT2D eigenvalue weighted by Crippen LogP contribution is -2.21. The highest BCUT2D eigenvalue weighted by Gasteiger charge is 2.14. The molecule has 18 heavy (non-hydrogen) atoms. The Morgan fingerprint density at radius 1 is 1.28 bits per heavy atom. The van der Waals surface area contributed by atoms with Crippen LogP contribution in [0.25, 0.3) is 0 Å². The van der Waals surface area contributed by atoms with Gasteiger partial charge in [0.1, 0.15) is 11.6 Å². The molecule has 1 aromatic heterocycles. The number of hydrogen-bond donors (Lipinski definition) is 1. The minimum atomic E-state index is -0.400. The predicted octanol–water partition coefficient (Wildman–Crippen LogP) is 4.27. The van der Waals surface area contributed by atoms with Gasteiger partial charge in [0.15, 0.2) is 0 Å². The Labute approximate surface area is 109 Å². The fourth-order valence-electron chi connectivity index (χ4n) is 1.89. The van der Waals surface area contributed by atoms with Gasteiger partial charge in [0, 0.05) is 23.0 Å². The predicted molar refractivity (Wildman–Crippen MR) is 70.5 cm³/mol. The molecule has 0 aliphatic rings. The quantitative estimate of drug-likeness (QED) is 0.853. The normalized spacial score (nSPS) is 12.6. The van der Waals surface area contributed by atoms with Crippen molar-refractivity contribution in [3.63, 3.8) is 0 Å².